The predicted octanol–water partition coefficient (Wildman–Crippen LogP) is 4.87. The maximum atomic E-state index is 12.4. The van der Waals surface area contributed by atoms with Crippen LogP contribution in [-0.4, -0.2) is 31.8 Å². The first-order valence-electron chi connectivity index (χ1n) is 9.63. The van der Waals surface area contributed by atoms with Gasteiger partial charge in [-0.3, -0.25) is 9.36 Å². The average molecular weight is 454 g/mol. The Hall–Kier alpha value is -4.41. The van der Waals surface area contributed by atoms with E-state index in [9.17, 15) is 18.0 Å². The number of rotatable bonds is 6. The molecule has 0 saturated heterocycles. The normalized spacial score (nSPS) is 11.2. The maximum absolute atomic E-state index is 12.4. The van der Waals surface area contributed by atoms with Crippen molar-refractivity contribution in [3.63, 3.8) is 0 Å². The molecule has 4 aromatic rings. The van der Waals surface area contributed by atoms with E-state index in [-0.39, 0.29) is 5.56 Å². The second kappa shape index (κ2) is 8.99. The van der Waals surface area contributed by atoms with Gasteiger partial charge in [-0.2, -0.15) is 0 Å². The number of aromatic nitrogens is 4. The molecule has 2 heterocycles. The third-order valence-electron chi connectivity index (χ3n) is 4.36. The lowest BCUT2D eigenvalue weighted by atomic mass is 10.2. The predicted molar refractivity (Wildman–Crippen MR) is 115 cm³/mol. The second-order valence-electron chi connectivity index (χ2n) is 6.86. The smallest absolute Gasteiger partial charge is 0.406 e. The summed E-state index contributed by atoms with van der Waals surface area (Å²) in [6, 6.07) is 13.3. The highest BCUT2D eigenvalue weighted by atomic mass is 19.4. The number of halogens is 3. The highest BCUT2D eigenvalue weighted by Gasteiger charge is 2.31. The van der Waals surface area contributed by atoms with Gasteiger partial charge in [0.15, 0.2) is 0 Å². The van der Waals surface area contributed by atoms with Gasteiger partial charge in [0, 0.05) is 35.4 Å². The summed E-state index contributed by atoms with van der Waals surface area (Å²) >= 11 is 0. The van der Waals surface area contributed by atoms with Crippen LogP contribution < -0.4 is 15.4 Å². The van der Waals surface area contributed by atoms with Crippen molar-refractivity contribution >= 4 is 23.1 Å². The lowest BCUT2D eigenvalue weighted by molar-refractivity contribution is -0.274. The number of carbonyl (C=O) groups is 1. The molecule has 2 aromatic carbocycles. The van der Waals surface area contributed by atoms with E-state index in [0.717, 1.165) is 17.8 Å². The van der Waals surface area contributed by atoms with Crippen LogP contribution in [0.5, 0.6) is 5.75 Å². The number of imidazole rings is 1. The van der Waals surface area contributed by atoms with Gasteiger partial charge in [0.25, 0.3) is 5.91 Å². The van der Waals surface area contributed by atoms with Crippen LogP contribution in [0.4, 0.5) is 30.4 Å². The molecule has 4 rings (SSSR count). The lowest BCUT2D eigenvalue weighted by Crippen LogP contribution is -2.17. The third-order valence-corrected chi connectivity index (χ3v) is 4.36. The fourth-order valence-corrected chi connectivity index (χ4v) is 2.94. The summed E-state index contributed by atoms with van der Waals surface area (Å²) < 4.78 is 42.3. The van der Waals surface area contributed by atoms with E-state index >= 15 is 0 Å². The van der Waals surface area contributed by atoms with Crippen molar-refractivity contribution in [2.75, 3.05) is 10.6 Å². The Morgan fingerprint density at radius 2 is 1.70 bits per heavy atom. The molecule has 0 bridgehead atoms. The molecule has 2 N–H and O–H groups in total. The van der Waals surface area contributed by atoms with Gasteiger partial charge in [0.05, 0.1) is 0 Å². The number of alkyl halides is 3. The van der Waals surface area contributed by atoms with Gasteiger partial charge in [0.1, 0.15) is 29.5 Å². The molecule has 11 heteroatoms. The van der Waals surface area contributed by atoms with Crippen molar-refractivity contribution in [1.82, 2.24) is 19.5 Å². The highest BCUT2D eigenvalue weighted by molar-refractivity contribution is 6.04. The number of amides is 1. The highest BCUT2D eigenvalue weighted by Crippen LogP contribution is 2.23. The Kier molecular flexibility index (Phi) is 5.94. The number of aryl methyl sites for hydroxylation is 1. The summed E-state index contributed by atoms with van der Waals surface area (Å²) in [5.41, 5.74) is 1.44. The largest absolute Gasteiger partial charge is 0.573 e. The van der Waals surface area contributed by atoms with Crippen molar-refractivity contribution in [3.8, 4) is 11.6 Å². The van der Waals surface area contributed by atoms with Gasteiger partial charge in [-0.1, -0.05) is 0 Å². The fraction of sp³-hybridized carbons (Fsp3) is 0.0909. The zero-order chi connectivity index (χ0) is 23.4. The molecule has 0 unspecified atom stereocenters. The molecule has 0 aliphatic carbocycles. The minimum Gasteiger partial charge on any atom is -0.406 e. The number of nitrogens with zero attached hydrogens (tertiary/aromatic N) is 4. The van der Waals surface area contributed by atoms with Gasteiger partial charge in [-0.15, -0.1) is 13.2 Å². The van der Waals surface area contributed by atoms with Crippen LogP contribution in [0.1, 0.15) is 16.2 Å². The molecule has 0 aliphatic rings. The average Bonchev–Trinajstić information content (AvgIpc) is 3.29. The first-order chi connectivity index (χ1) is 15.7. The molecule has 0 aliphatic heterocycles. The molecule has 168 valence electrons. The number of benzene rings is 2. The van der Waals surface area contributed by atoms with Crippen LogP contribution in [0.3, 0.4) is 0 Å². The van der Waals surface area contributed by atoms with Crippen molar-refractivity contribution in [2.45, 2.75) is 13.3 Å². The molecule has 0 atom stereocenters. The molecule has 0 saturated carbocycles. The maximum Gasteiger partial charge on any atom is 0.573 e. The molecule has 2 aromatic heterocycles. The fourth-order valence-electron chi connectivity index (χ4n) is 2.94. The summed E-state index contributed by atoms with van der Waals surface area (Å²) in [6.45, 7) is 1.78. The van der Waals surface area contributed by atoms with Crippen molar-refractivity contribution in [2.24, 2.45) is 0 Å². The van der Waals surface area contributed by atoms with Crippen molar-refractivity contribution in [1.29, 1.82) is 0 Å². The van der Waals surface area contributed by atoms with Crippen LogP contribution in [0.25, 0.3) is 5.82 Å². The molecule has 0 spiro atoms. The molecule has 8 nitrogen and oxygen atoms in total. The van der Waals surface area contributed by atoms with Crippen LogP contribution in [0.15, 0.2) is 73.3 Å². The SMILES string of the molecule is Cc1nc(Nc2ccc(NC(=O)c3ccc(OC(F)(F)F)cc3)cc2)cc(-n2ccnc2)n1. The van der Waals surface area contributed by atoms with E-state index in [1.54, 1.807) is 60.5 Å². The number of hydrogen-bond acceptors (Lipinski definition) is 6. The Labute approximate surface area is 186 Å². The quantitative estimate of drug-likeness (QED) is 0.432. The van der Waals surface area contributed by atoms with Gasteiger partial charge >= 0.3 is 6.36 Å². The number of anilines is 3. The first kappa shape index (κ1) is 21.8. The number of nitrogens with one attached hydrogen (secondary N) is 2. The minimum atomic E-state index is -4.79. The first-order valence-corrected chi connectivity index (χ1v) is 9.63. The minimum absolute atomic E-state index is 0.190. The summed E-state index contributed by atoms with van der Waals surface area (Å²) in [7, 11) is 0. The van der Waals surface area contributed by atoms with Crippen LogP contribution in [0, 0.1) is 6.92 Å². The number of ether oxygens (including phenoxy) is 1. The molecule has 1 amide bonds. The topological polar surface area (TPSA) is 94.0 Å². The standard InChI is InChI=1S/C22H17F3N6O2/c1-14-27-19(12-20(28-14)31-11-10-26-13-31)29-16-4-6-17(7-5-16)30-21(32)15-2-8-18(9-3-15)33-22(23,24)25/h2-13H,1H3,(H,30,32)(H,27,28,29). The molecule has 0 radical (unpaired) electrons. The Morgan fingerprint density at radius 3 is 2.33 bits per heavy atom. The molecule has 0 fully saturated rings. The molecular weight excluding hydrogens is 437 g/mol. The number of hydrogen-bond donors (Lipinski definition) is 2. The zero-order valence-electron chi connectivity index (χ0n) is 17.2. The van der Waals surface area contributed by atoms with E-state index in [1.807, 2.05) is 0 Å². The van der Waals surface area contributed by atoms with E-state index in [2.05, 4.69) is 30.3 Å². The Morgan fingerprint density at radius 1 is 1.00 bits per heavy atom. The van der Waals surface area contributed by atoms with E-state index < -0.39 is 18.0 Å². The van der Waals surface area contributed by atoms with Crippen LogP contribution >= 0.6 is 0 Å². The molecular formula is C22H17F3N6O2. The number of carbonyl (C=O) groups excluding carboxylic acids is 1. The summed E-state index contributed by atoms with van der Waals surface area (Å²) in [5.74, 6) is 0.970. The van der Waals surface area contributed by atoms with E-state index in [4.69, 9.17) is 0 Å². The summed E-state index contributed by atoms with van der Waals surface area (Å²) in [6.07, 6.45) is 0.285. The van der Waals surface area contributed by atoms with Crippen LogP contribution in [-0.2, 0) is 0 Å². The van der Waals surface area contributed by atoms with E-state index in [0.29, 0.717) is 23.1 Å². The molecule has 33 heavy (non-hydrogen) atoms. The Bertz CT molecular complexity index is 1240. The van der Waals surface area contributed by atoms with E-state index in [1.165, 1.54) is 12.1 Å². The zero-order valence-corrected chi connectivity index (χ0v) is 17.2. The lowest BCUT2D eigenvalue weighted by Gasteiger charge is -2.11. The summed E-state index contributed by atoms with van der Waals surface area (Å²) in [4.78, 5) is 25.1. The van der Waals surface area contributed by atoms with Crippen molar-refractivity contribution < 1.29 is 22.7 Å². The van der Waals surface area contributed by atoms with Crippen molar-refractivity contribution in [3.05, 3.63) is 84.7 Å². The monoisotopic (exact) mass is 454 g/mol. The van der Waals surface area contributed by atoms with Gasteiger partial charge in [0.2, 0.25) is 0 Å². The van der Waals surface area contributed by atoms with Gasteiger partial charge < -0.3 is 15.4 Å². The van der Waals surface area contributed by atoms with Crippen LogP contribution in [0.2, 0.25) is 0 Å². The Balaban J connectivity index is 1.40. The van der Waals surface area contributed by atoms with Gasteiger partial charge in [-0.25, -0.2) is 15.0 Å². The second-order valence-corrected chi connectivity index (χ2v) is 6.86. The third kappa shape index (κ3) is 5.85. The van der Waals surface area contributed by atoms with Gasteiger partial charge in [-0.05, 0) is 55.5 Å². The summed E-state index contributed by atoms with van der Waals surface area (Å²) in [5, 5.41) is 5.87.